The van der Waals surface area contributed by atoms with E-state index in [1.807, 2.05) is 30.3 Å². The fourth-order valence-electron chi connectivity index (χ4n) is 2.05. The predicted molar refractivity (Wildman–Crippen MR) is 94.9 cm³/mol. The Morgan fingerprint density at radius 2 is 1.72 bits per heavy atom. The van der Waals surface area contributed by atoms with Gasteiger partial charge in [0.2, 0.25) is 0 Å². The van der Waals surface area contributed by atoms with Crippen LogP contribution in [0.5, 0.6) is 0 Å². The summed E-state index contributed by atoms with van der Waals surface area (Å²) in [5, 5.41) is 2.95. The zero-order chi connectivity index (χ0) is 18.1. The molecular formula is C19H20N2O4. The van der Waals surface area contributed by atoms with Crippen LogP contribution in [0, 0.1) is 0 Å². The zero-order valence-electron chi connectivity index (χ0n) is 14.2. The molecule has 0 saturated carbocycles. The average molecular weight is 340 g/mol. The topological polar surface area (TPSA) is 77.5 Å². The third kappa shape index (κ3) is 5.17. The van der Waals surface area contributed by atoms with Crippen LogP contribution >= 0.6 is 0 Å². The normalized spacial score (nSPS) is 10.9. The lowest BCUT2D eigenvalue weighted by molar-refractivity contribution is -0.136. The second kappa shape index (κ2) is 9.22. The number of ether oxygens (including phenoxy) is 2. The largest absolute Gasteiger partial charge is 0.462 e. The van der Waals surface area contributed by atoms with Crippen molar-refractivity contribution in [1.82, 2.24) is 4.98 Å². The van der Waals surface area contributed by atoms with Gasteiger partial charge in [-0.1, -0.05) is 30.3 Å². The molecule has 1 aromatic carbocycles. The van der Waals surface area contributed by atoms with Gasteiger partial charge in [-0.2, -0.15) is 0 Å². The number of pyridine rings is 1. The lowest BCUT2D eigenvalue weighted by Gasteiger charge is -2.08. The molecule has 0 aliphatic rings. The number of anilines is 1. The smallest absolute Gasteiger partial charge is 0.340 e. The van der Waals surface area contributed by atoms with Crippen LogP contribution in [-0.2, 0) is 14.3 Å². The molecule has 0 aliphatic carbocycles. The summed E-state index contributed by atoms with van der Waals surface area (Å²) in [6.07, 6.45) is 2.96. The van der Waals surface area contributed by atoms with Crippen LogP contribution in [0.4, 0.5) is 5.82 Å². The maximum absolute atomic E-state index is 12.2. The lowest BCUT2D eigenvalue weighted by Crippen LogP contribution is -2.09. The molecular weight excluding hydrogens is 320 g/mol. The van der Waals surface area contributed by atoms with E-state index in [0.717, 1.165) is 5.56 Å². The van der Waals surface area contributed by atoms with Crippen molar-refractivity contribution in [3.63, 3.8) is 0 Å². The maximum Gasteiger partial charge on any atom is 0.340 e. The Kier molecular flexibility index (Phi) is 6.71. The van der Waals surface area contributed by atoms with Crippen molar-refractivity contribution < 1.29 is 19.1 Å². The Morgan fingerprint density at radius 3 is 2.32 bits per heavy atom. The minimum absolute atomic E-state index is 0.287. The summed E-state index contributed by atoms with van der Waals surface area (Å²) < 4.78 is 10.0. The minimum atomic E-state index is -0.427. The molecule has 1 heterocycles. The number of carbonyl (C=O) groups excluding carboxylic acids is 2. The number of nitrogens with zero attached hydrogens (tertiary/aromatic N) is 1. The van der Waals surface area contributed by atoms with Crippen molar-refractivity contribution in [1.29, 1.82) is 0 Å². The van der Waals surface area contributed by atoms with E-state index in [1.54, 1.807) is 32.2 Å². The van der Waals surface area contributed by atoms with E-state index in [2.05, 4.69) is 10.3 Å². The van der Waals surface area contributed by atoms with Crippen LogP contribution in [-0.4, -0.2) is 30.1 Å². The number of aromatic nitrogens is 1. The summed E-state index contributed by atoms with van der Waals surface area (Å²) in [4.78, 5) is 27.9. The molecule has 0 radical (unpaired) electrons. The van der Waals surface area contributed by atoms with Crippen molar-refractivity contribution in [2.75, 3.05) is 18.5 Å². The van der Waals surface area contributed by atoms with Crippen molar-refractivity contribution in [2.45, 2.75) is 13.8 Å². The van der Waals surface area contributed by atoms with Gasteiger partial charge in [0.25, 0.3) is 0 Å². The lowest BCUT2D eigenvalue weighted by atomic mass is 10.1. The number of rotatable bonds is 7. The Balaban J connectivity index is 2.17. The first kappa shape index (κ1) is 18.2. The first-order valence-electron chi connectivity index (χ1n) is 7.98. The third-order valence-electron chi connectivity index (χ3n) is 3.22. The molecule has 0 atom stereocenters. The highest BCUT2D eigenvalue weighted by atomic mass is 16.5. The molecule has 0 fully saturated rings. The van der Waals surface area contributed by atoms with Gasteiger partial charge in [0.15, 0.2) is 0 Å². The van der Waals surface area contributed by atoms with Crippen LogP contribution < -0.4 is 5.32 Å². The number of nitrogens with one attached hydrogen (secondary N) is 1. The van der Waals surface area contributed by atoms with E-state index >= 15 is 0 Å². The quantitative estimate of drug-likeness (QED) is 0.616. The second-order valence-corrected chi connectivity index (χ2v) is 4.94. The summed E-state index contributed by atoms with van der Waals surface area (Å²) >= 11 is 0. The molecule has 2 rings (SSSR count). The summed E-state index contributed by atoms with van der Waals surface area (Å²) in [6.45, 7) is 4.09. The van der Waals surface area contributed by atoms with E-state index in [0.29, 0.717) is 23.6 Å². The number of carbonyl (C=O) groups is 2. The molecule has 0 amide bonds. The van der Waals surface area contributed by atoms with Crippen LogP contribution in [0.25, 0.3) is 5.57 Å². The van der Waals surface area contributed by atoms with Crippen LogP contribution in [0.2, 0.25) is 0 Å². The Labute approximate surface area is 146 Å². The molecule has 6 heteroatoms. The average Bonchev–Trinajstić information content (AvgIpc) is 2.64. The molecule has 0 spiro atoms. The van der Waals surface area contributed by atoms with Gasteiger partial charge in [-0.15, -0.1) is 0 Å². The highest BCUT2D eigenvalue weighted by Gasteiger charge is 2.13. The monoisotopic (exact) mass is 340 g/mol. The van der Waals surface area contributed by atoms with E-state index in [-0.39, 0.29) is 6.61 Å². The minimum Gasteiger partial charge on any atom is -0.462 e. The summed E-state index contributed by atoms with van der Waals surface area (Å²) in [6, 6.07) is 12.4. The molecule has 1 aromatic heterocycles. The number of esters is 2. The standard InChI is InChI=1S/C19H20N2O4/c1-3-24-18(22)15-10-11-17(20-12-15)21-13-16(19(23)25-4-2)14-8-6-5-7-9-14/h5-13H,3-4H2,1-2H3,(H,20,21)/b16-13-. The van der Waals surface area contributed by atoms with Crippen molar-refractivity contribution in [3.8, 4) is 0 Å². The van der Waals surface area contributed by atoms with Gasteiger partial charge in [-0.05, 0) is 31.5 Å². The number of benzene rings is 1. The SMILES string of the molecule is CCOC(=O)/C(=C\Nc1ccc(C(=O)OCC)cn1)c1ccccc1. The molecule has 0 unspecified atom stereocenters. The first-order chi connectivity index (χ1) is 12.2. The maximum atomic E-state index is 12.2. The third-order valence-corrected chi connectivity index (χ3v) is 3.22. The summed E-state index contributed by atoms with van der Waals surface area (Å²) in [5.41, 5.74) is 1.49. The van der Waals surface area contributed by atoms with Gasteiger partial charge < -0.3 is 14.8 Å². The van der Waals surface area contributed by atoms with Gasteiger partial charge >= 0.3 is 11.9 Å². The molecule has 0 saturated heterocycles. The first-order valence-corrected chi connectivity index (χ1v) is 7.98. The molecule has 25 heavy (non-hydrogen) atoms. The van der Waals surface area contributed by atoms with Crippen molar-refractivity contribution in [3.05, 3.63) is 66.0 Å². The predicted octanol–water partition coefficient (Wildman–Crippen LogP) is 3.27. The van der Waals surface area contributed by atoms with Crippen LogP contribution in [0.1, 0.15) is 29.8 Å². The highest BCUT2D eigenvalue weighted by Crippen LogP contribution is 2.16. The van der Waals surface area contributed by atoms with Gasteiger partial charge in [0, 0.05) is 12.4 Å². The van der Waals surface area contributed by atoms with Gasteiger partial charge in [-0.25, -0.2) is 14.6 Å². The molecule has 0 bridgehead atoms. The summed E-state index contributed by atoms with van der Waals surface area (Å²) in [5.74, 6) is -0.358. The fraction of sp³-hybridized carbons (Fsp3) is 0.211. The molecule has 6 nitrogen and oxygen atoms in total. The van der Waals surface area contributed by atoms with E-state index in [9.17, 15) is 9.59 Å². The van der Waals surface area contributed by atoms with E-state index < -0.39 is 11.9 Å². The number of hydrogen-bond donors (Lipinski definition) is 1. The highest BCUT2D eigenvalue weighted by molar-refractivity contribution is 6.16. The van der Waals surface area contributed by atoms with Crippen molar-refractivity contribution >= 4 is 23.3 Å². The number of hydrogen-bond acceptors (Lipinski definition) is 6. The molecule has 0 aliphatic heterocycles. The van der Waals surface area contributed by atoms with Gasteiger partial charge in [0.1, 0.15) is 5.82 Å². The Bertz CT molecular complexity index is 740. The molecule has 1 N–H and O–H groups in total. The molecule has 130 valence electrons. The fourth-order valence-corrected chi connectivity index (χ4v) is 2.05. The van der Waals surface area contributed by atoms with E-state index in [1.165, 1.54) is 6.20 Å². The summed E-state index contributed by atoms with van der Waals surface area (Å²) in [7, 11) is 0. The molecule has 2 aromatic rings. The van der Waals surface area contributed by atoms with E-state index in [4.69, 9.17) is 9.47 Å². The van der Waals surface area contributed by atoms with Crippen LogP contribution in [0.15, 0.2) is 54.9 Å². The Morgan fingerprint density at radius 1 is 1.00 bits per heavy atom. The Hall–Kier alpha value is -3.15. The second-order valence-electron chi connectivity index (χ2n) is 4.94. The van der Waals surface area contributed by atoms with Crippen molar-refractivity contribution in [2.24, 2.45) is 0 Å². The van der Waals surface area contributed by atoms with Gasteiger partial charge in [0.05, 0.1) is 24.4 Å². The van der Waals surface area contributed by atoms with Gasteiger partial charge in [-0.3, -0.25) is 0 Å². The zero-order valence-corrected chi connectivity index (χ0v) is 14.2. The van der Waals surface area contributed by atoms with Crippen LogP contribution in [0.3, 0.4) is 0 Å².